The third-order valence-electron chi connectivity index (χ3n) is 7.74. The zero-order valence-electron chi connectivity index (χ0n) is 22.7. The Labute approximate surface area is 228 Å². The molecule has 1 fully saturated rings. The van der Waals surface area contributed by atoms with Gasteiger partial charge in [0.2, 0.25) is 5.91 Å². The van der Waals surface area contributed by atoms with Crippen molar-refractivity contribution in [3.8, 4) is 23.0 Å². The molecular formula is C30H36N4O5. The number of benzene rings is 2. The van der Waals surface area contributed by atoms with Gasteiger partial charge in [-0.3, -0.25) is 9.59 Å². The van der Waals surface area contributed by atoms with E-state index in [0.29, 0.717) is 55.6 Å². The topological polar surface area (TPSA) is 107 Å². The van der Waals surface area contributed by atoms with E-state index in [2.05, 4.69) is 21.5 Å². The molecule has 0 saturated carbocycles. The fraction of sp³-hybridized carbons (Fsp3) is 0.467. The lowest BCUT2D eigenvalue weighted by atomic mass is 9.73. The number of fused-ring (bicyclic) bond motifs is 1. The Bertz CT molecular complexity index is 1300. The SMILES string of the molecule is Cc1noc(-c2ccccc2OCC(=O)N2CCC3(CCCCc4ccccc4OC[C@@H](C)NC3=O)CC2)n1. The van der Waals surface area contributed by atoms with E-state index in [4.69, 9.17) is 14.0 Å². The third-order valence-corrected chi connectivity index (χ3v) is 7.74. The van der Waals surface area contributed by atoms with Gasteiger partial charge in [-0.1, -0.05) is 41.9 Å². The van der Waals surface area contributed by atoms with E-state index < -0.39 is 5.41 Å². The summed E-state index contributed by atoms with van der Waals surface area (Å²) in [6.45, 7) is 5.09. The van der Waals surface area contributed by atoms with Crippen LogP contribution in [0.5, 0.6) is 11.5 Å². The first-order valence-electron chi connectivity index (χ1n) is 13.8. The zero-order chi connectivity index (χ0) is 27.2. The van der Waals surface area contributed by atoms with Crippen molar-refractivity contribution in [3.63, 3.8) is 0 Å². The van der Waals surface area contributed by atoms with Crippen LogP contribution in [0, 0.1) is 12.3 Å². The van der Waals surface area contributed by atoms with Crippen LogP contribution in [-0.4, -0.2) is 59.2 Å². The number of carbonyl (C=O) groups excluding carboxylic acids is 2. The highest BCUT2D eigenvalue weighted by atomic mass is 16.5. The number of nitrogens with one attached hydrogen (secondary N) is 1. The molecule has 206 valence electrons. The molecule has 39 heavy (non-hydrogen) atoms. The molecule has 0 aliphatic carbocycles. The van der Waals surface area contributed by atoms with Gasteiger partial charge in [-0.15, -0.1) is 0 Å². The van der Waals surface area contributed by atoms with Gasteiger partial charge in [0.1, 0.15) is 18.1 Å². The predicted molar refractivity (Wildman–Crippen MR) is 145 cm³/mol. The first-order chi connectivity index (χ1) is 18.9. The number of carbonyl (C=O) groups is 2. The van der Waals surface area contributed by atoms with Crippen molar-refractivity contribution in [3.05, 3.63) is 59.9 Å². The molecule has 5 rings (SSSR count). The Morgan fingerprint density at radius 2 is 1.87 bits per heavy atom. The molecule has 3 aromatic rings. The van der Waals surface area contributed by atoms with Gasteiger partial charge in [-0.05, 0) is 69.7 Å². The van der Waals surface area contributed by atoms with Gasteiger partial charge in [0.15, 0.2) is 12.4 Å². The lowest BCUT2D eigenvalue weighted by molar-refractivity contribution is -0.142. The van der Waals surface area contributed by atoms with Crippen LogP contribution in [0.1, 0.15) is 50.4 Å². The molecule has 1 saturated heterocycles. The molecule has 1 spiro atoms. The first kappa shape index (κ1) is 26.7. The summed E-state index contributed by atoms with van der Waals surface area (Å²) < 4.78 is 17.2. The van der Waals surface area contributed by atoms with Gasteiger partial charge >= 0.3 is 0 Å². The molecule has 1 N–H and O–H groups in total. The van der Waals surface area contributed by atoms with Crippen LogP contribution in [0.15, 0.2) is 53.1 Å². The summed E-state index contributed by atoms with van der Waals surface area (Å²) >= 11 is 0. The number of para-hydroxylation sites is 2. The second kappa shape index (κ2) is 11.9. The average Bonchev–Trinajstić information content (AvgIpc) is 3.39. The number of piperidine rings is 1. The van der Waals surface area contributed by atoms with Crippen LogP contribution >= 0.6 is 0 Å². The lowest BCUT2D eigenvalue weighted by Gasteiger charge is -2.41. The van der Waals surface area contributed by atoms with Crippen molar-refractivity contribution in [2.24, 2.45) is 5.41 Å². The second-order valence-electron chi connectivity index (χ2n) is 10.6. The Kier molecular flexibility index (Phi) is 8.14. The van der Waals surface area contributed by atoms with Gasteiger partial charge in [-0.2, -0.15) is 4.98 Å². The van der Waals surface area contributed by atoms with Gasteiger partial charge in [-0.25, -0.2) is 0 Å². The molecule has 2 aromatic carbocycles. The van der Waals surface area contributed by atoms with Crippen LogP contribution in [0.25, 0.3) is 11.5 Å². The molecule has 3 heterocycles. The molecular weight excluding hydrogens is 496 g/mol. The van der Waals surface area contributed by atoms with Crippen molar-refractivity contribution in [2.45, 2.75) is 58.4 Å². The summed E-state index contributed by atoms with van der Waals surface area (Å²) in [7, 11) is 0. The maximum Gasteiger partial charge on any atom is 0.261 e. The van der Waals surface area contributed by atoms with Crippen molar-refractivity contribution in [1.29, 1.82) is 0 Å². The number of aromatic nitrogens is 2. The maximum absolute atomic E-state index is 13.5. The molecule has 1 aromatic heterocycles. The number of nitrogens with zero attached hydrogens (tertiary/aromatic N) is 3. The van der Waals surface area contributed by atoms with Crippen LogP contribution < -0.4 is 14.8 Å². The molecule has 2 aliphatic rings. The molecule has 2 aliphatic heterocycles. The minimum absolute atomic E-state index is 0.0691. The van der Waals surface area contributed by atoms with Crippen LogP contribution in [0.3, 0.4) is 0 Å². The maximum atomic E-state index is 13.5. The highest BCUT2D eigenvalue weighted by Crippen LogP contribution is 2.38. The molecule has 1 atom stereocenters. The van der Waals surface area contributed by atoms with E-state index in [1.165, 1.54) is 5.56 Å². The number of hydrogen-bond acceptors (Lipinski definition) is 7. The van der Waals surface area contributed by atoms with Crippen LogP contribution in [-0.2, 0) is 16.0 Å². The van der Waals surface area contributed by atoms with Crippen molar-refractivity contribution in [2.75, 3.05) is 26.3 Å². The molecule has 9 nitrogen and oxygen atoms in total. The fourth-order valence-corrected chi connectivity index (χ4v) is 5.44. The number of likely N-dealkylation sites (tertiary alicyclic amines) is 1. The highest BCUT2D eigenvalue weighted by Gasteiger charge is 2.42. The summed E-state index contributed by atoms with van der Waals surface area (Å²) in [5, 5.41) is 7.03. The highest BCUT2D eigenvalue weighted by molar-refractivity contribution is 5.84. The molecule has 0 radical (unpaired) electrons. The number of ether oxygens (including phenoxy) is 2. The monoisotopic (exact) mass is 532 g/mol. The second-order valence-corrected chi connectivity index (χ2v) is 10.6. The van der Waals surface area contributed by atoms with E-state index in [9.17, 15) is 9.59 Å². The van der Waals surface area contributed by atoms with Crippen LogP contribution in [0.4, 0.5) is 0 Å². The fourth-order valence-electron chi connectivity index (χ4n) is 5.44. The quantitative estimate of drug-likeness (QED) is 0.533. The van der Waals surface area contributed by atoms with Gasteiger partial charge in [0.25, 0.3) is 11.8 Å². The van der Waals surface area contributed by atoms with E-state index in [1.807, 2.05) is 43.3 Å². The summed E-state index contributed by atoms with van der Waals surface area (Å²) in [6.07, 6.45) is 4.93. The third kappa shape index (κ3) is 6.24. The van der Waals surface area contributed by atoms with E-state index >= 15 is 0 Å². The number of amides is 2. The number of aryl methyl sites for hydroxylation is 2. The minimum atomic E-state index is -0.479. The van der Waals surface area contributed by atoms with E-state index in [-0.39, 0.29) is 24.5 Å². The van der Waals surface area contributed by atoms with Gasteiger partial charge in [0.05, 0.1) is 17.0 Å². The zero-order valence-corrected chi connectivity index (χ0v) is 22.7. The van der Waals surface area contributed by atoms with Crippen molar-refractivity contribution in [1.82, 2.24) is 20.4 Å². The summed E-state index contributed by atoms with van der Waals surface area (Å²) in [4.78, 5) is 32.7. The average molecular weight is 533 g/mol. The molecule has 2 amide bonds. The van der Waals surface area contributed by atoms with E-state index in [1.54, 1.807) is 17.9 Å². The van der Waals surface area contributed by atoms with Crippen LogP contribution in [0.2, 0.25) is 0 Å². The summed E-state index contributed by atoms with van der Waals surface area (Å²) in [5.74, 6) is 2.26. The molecule has 0 bridgehead atoms. The molecule has 9 heteroatoms. The summed E-state index contributed by atoms with van der Waals surface area (Å²) in [5.41, 5.74) is 1.38. The first-order valence-corrected chi connectivity index (χ1v) is 13.8. The van der Waals surface area contributed by atoms with Crippen molar-refractivity contribution >= 4 is 11.8 Å². The van der Waals surface area contributed by atoms with Crippen molar-refractivity contribution < 1.29 is 23.6 Å². The molecule has 0 unspecified atom stereocenters. The summed E-state index contributed by atoms with van der Waals surface area (Å²) in [6, 6.07) is 15.3. The van der Waals surface area contributed by atoms with E-state index in [0.717, 1.165) is 31.4 Å². The van der Waals surface area contributed by atoms with Gasteiger partial charge < -0.3 is 24.2 Å². The Balaban J connectivity index is 1.20. The lowest BCUT2D eigenvalue weighted by Crippen LogP contribution is -2.53. The smallest absolute Gasteiger partial charge is 0.261 e. The number of hydrogen-bond donors (Lipinski definition) is 1. The largest absolute Gasteiger partial charge is 0.491 e. The Morgan fingerprint density at radius 1 is 1.10 bits per heavy atom. The Morgan fingerprint density at radius 3 is 2.67 bits per heavy atom. The van der Waals surface area contributed by atoms with Gasteiger partial charge in [0, 0.05) is 13.1 Å². The normalized spacial score (nSPS) is 19.7. The Hall–Kier alpha value is -3.88. The predicted octanol–water partition coefficient (Wildman–Crippen LogP) is 4.34. The number of rotatable bonds is 4. The minimum Gasteiger partial charge on any atom is -0.491 e. The standard InChI is InChI=1S/C30H36N4O5/c1-21-19-37-25-12-5-3-9-23(25)10-7-8-14-30(29(36)31-21)15-17-34(18-16-30)27(35)20-38-26-13-6-4-11-24(26)28-32-22(2)33-39-28/h3-6,9,11-13,21H,7-8,10,14-20H2,1-2H3,(H,31,36)/t21-/m1/s1.